The molecule has 0 aliphatic heterocycles. The molecule has 0 saturated carbocycles. The first-order chi connectivity index (χ1) is 7.34. The Bertz CT molecular complexity index is 462. The molecule has 0 radical (unpaired) electrons. The van der Waals surface area contributed by atoms with Crippen molar-refractivity contribution in [1.82, 2.24) is 4.98 Å². The highest BCUT2D eigenvalue weighted by atomic mass is 19.3. The van der Waals surface area contributed by atoms with Gasteiger partial charge in [0, 0.05) is 5.56 Å². The van der Waals surface area contributed by atoms with Crippen molar-refractivity contribution >= 4 is 11.8 Å². The van der Waals surface area contributed by atoms with Crippen molar-refractivity contribution in [2.45, 2.75) is 13.3 Å². The van der Waals surface area contributed by atoms with Crippen LogP contribution in [-0.4, -0.2) is 21.0 Å². The lowest BCUT2D eigenvalue weighted by Crippen LogP contribution is -2.09. The Labute approximate surface area is 87.7 Å². The molecule has 0 amide bonds. The molecule has 1 N–H and O–H groups in total. The fourth-order valence-electron chi connectivity index (χ4n) is 1.15. The van der Waals surface area contributed by atoms with Gasteiger partial charge in [-0.3, -0.25) is 0 Å². The van der Waals surface area contributed by atoms with Crippen molar-refractivity contribution in [2.24, 2.45) is 0 Å². The van der Waals surface area contributed by atoms with Gasteiger partial charge >= 0.3 is 11.8 Å². The Kier molecular flexibility index (Phi) is 3.11. The van der Waals surface area contributed by atoms with Crippen LogP contribution in [-0.2, 0) is 0 Å². The number of carbonyl (C=O) groups is 1. The molecule has 1 rings (SSSR count). The van der Waals surface area contributed by atoms with E-state index in [1.54, 1.807) is 0 Å². The van der Waals surface area contributed by atoms with Gasteiger partial charge < -0.3 is 15.2 Å². The number of aromatic carboxylic acids is 1. The number of carboxylic acid groups (broad SMARTS) is 1. The maximum absolute atomic E-state index is 12.4. The number of nitro groups is 1. The van der Waals surface area contributed by atoms with E-state index in [0.717, 1.165) is 6.07 Å². The predicted molar refractivity (Wildman–Crippen MR) is 47.5 cm³/mol. The number of aryl methyl sites for hydroxylation is 1. The minimum atomic E-state index is -3.04. The average molecular weight is 232 g/mol. The molecule has 8 heteroatoms. The first-order valence-corrected chi connectivity index (χ1v) is 4.02. The van der Waals surface area contributed by atoms with Gasteiger partial charge in [-0.2, -0.15) is 0 Å². The van der Waals surface area contributed by atoms with Crippen LogP contribution >= 0.6 is 0 Å². The van der Waals surface area contributed by atoms with Gasteiger partial charge in [0.1, 0.15) is 0 Å². The van der Waals surface area contributed by atoms with Crippen LogP contribution in [0.15, 0.2) is 6.07 Å². The Morgan fingerprint density at radius 1 is 1.62 bits per heavy atom. The van der Waals surface area contributed by atoms with Crippen LogP contribution in [0.2, 0.25) is 0 Å². The van der Waals surface area contributed by atoms with Gasteiger partial charge in [-0.25, -0.2) is 13.6 Å². The number of aromatic nitrogens is 1. The van der Waals surface area contributed by atoms with E-state index < -0.39 is 34.4 Å². The standard InChI is InChI=1S/C8H6F2N2O4/c1-3-2-4(6(9)10)5(8(13)14)11-7(3)12(15)16/h2,6H,1H3,(H,13,14). The lowest BCUT2D eigenvalue weighted by molar-refractivity contribution is -0.390. The zero-order valence-electron chi connectivity index (χ0n) is 7.98. The van der Waals surface area contributed by atoms with Crippen molar-refractivity contribution in [3.05, 3.63) is 33.0 Å². The van der Waals surface area contributed by atoms with Crippen molar-refractivity contribution in [3.63, 3.8) is 0 Å². The number of hydrogen-bond acceptors (Lipinski definition) is 4. The van der Waals surface area contributed by atoms with E-state index in [9.17, 15) is 23.7 Å². The molecule has 0 atom stereocenters. The SMILES string of the molecule is Cc1cc(C(F)F)c(C(=O)O)nc1[N+](=O)[O-]. The van der Waals surface area contributed by atoms with E-state index >= 15 is 0 Å². The van der Waals surface area contributed by atoms with Crippen LogP contribution in [0.3, 0.4) is 0 Å². The fraction of sp³-hybridized carbons (Fsp3) is 0.250. The summed E-state index contributed by atoms with van der Waals surface area (Å²) in [5, 5.41) is 19.0. The third kappa shape index (κ3) is 2.10. The average Bonchev–Trinajstić information content (AvgIpc) is 2.15. The summed E-state index contributed by atoms with van der Waals surface area (Å²) in [5.41, 5.74) is -1.92. The van der Waals surface area contributed by atoms with Crippen molar-refractivity contribution in [2.75, 3.05) is 0 Å². The van der Waals surface area contributed by atoms with E-state index in [2.05, 4.69) is 4.98 Å². The molecule has 16 heavy (non-hydrogen) atoms. The fourth-order valence-corrected chi connectivity index (χ4v) is 1.15. The highest BCUT2D eigenvalue weighted by Crippen LogP contribution is 2.26. The van der Waals surface area contributed by atoms with Crippen molar-refractivity contribution in [1.29, 1.82) is 0 Å². The monoisotopic (exact) mass is 232 g/mol. The lowest BCUT2D eigenvalue weighted by Gasteiger charge is -2.03. The van der Waals surface area contributed by atoms with Crippen LogP contribution in [0, 0.1) is 17.0 Å². The molecule has 0 aliphatic carbocycles. The van der Waals surface area contributed by atoms with Crippen LogP contribution < -0.4 is 0 Å². The Hall–Kier alpha value is -2.12. The quantitative estimate of drug-likeness (QED) is 0.634. The molecule has 1 aromatic heterocycles. The Morgan fingerprint density at radius 3 is 2.56 bits per heavy atom. The van der Waals surface area contributed by atoms with Crippen molar-refractivity contribution in [3.8, 4) is 0 Å². The maximum atomic E-state index is 12.4. The number of rotatable bonds is 3. The van der Waals surface area contributed by atoms with Crippen LogP contribution in [0.1, 0.15) is 28.0 Å². The van der Waals surface area contributed by atoms with Gasteiger partial charge in [0.25, 0.3) is 12.1 Å². The molecule has 0 unspecified atom stereocenters. The molecule has 86 valence electrons. The summed E-state index contributed by atoms with van der Waals surface area (Å²) in [5.74, 6) is -2.46. The minimum Gasteiger partial charge on any atom is -0.475 e. The number of nitrogens with zero attached hydrogens (tertiary/aromatic N) is 2. The van der Waals surface area contributed by atoms with Gasteiger partial charge in [-0.15, -0.1) is 0 Å². The normalized spacial score (nSPS) is 10.5. The van der Waals surface area contributed by atoms with E-state index in [4.69, 9.17) is 5.11 Å². The molecule has 1 heterocycles. The molecule has 0 fully saturated rings. The minimum absolute atomic E-state index is 0.106. The van der Waals surface area contributed by atoms with Crippen LogP contribution in [0.5, 0.6) is 0 Å². The van der Waals surface area contributed by atoms with Gasteiger partial charge in [0.2, 0.25) is 0 Å². The third-order valence-electron chi connectivity index (χ3n) is 1.83. The molecular weight excluding hydrogens is 226 g/mol. The number of hydrogen-bond donors (Lipinski definition) is 1. The summed E-state index contributed by atoms with van der Waals surface area (Å²) in [7, 11) is 0. The first-order valence-electron chi connectivity index (χ1n) is 4.02. The molecule has 1 aromatic rings. The Balaban J connectivity index is 3.49. The van der Waals surface area contributed by atoms with E-state index in [0.29, 0.717) is 0 Å². The van der Waals surface area contributed by atoms with Crippen LogP contribution in [0.4, 0.5) is 14.6 Å². The lowest BCUT2D eigenvalue weighted by atomic mass is 10.1. The number of carboxylic acids is 1. The highest BCUT2D eigenvalue weighted by Gasteiger charge is 2.28. The van der Waals surface area contributed by atoms with Gasteiger partial charge in [-0.05, 0) is 22.9 Å². The Morgan fingerprint density at radius 2 is 2.19 bits per heavy atom. The van der Waals surface area contributed by atoms with E-state index in [-0.39, 0.29) is 5.56 Å². The zero-order chi connectivity index (χ0) is 12.5. The smallest absolute Gasteiger partial charge is 0.381 e. The topological polar surface area (TPSA) is 93.3 Å². The molecule has 0 saturated heterocycles. The second kappa shape index (κ2) is 4.17. The summed E-state index contributed by atoms with van der Waals surface area (Å²) >= 11 is 0. The molecule has 6 nitrogen and oxygen atoms in total. The van der Waals surface area contributed by atoms with Gasteiger partial charge in [-0.1, -0.05) is 0 Å². The summed E-state index contributed by atoms with van der Waals surface area (Å²) in [6.45, 7) is 1.21. The molecular formula is C8H6F2N2O4. The van der Waals surface area contributed by atoms with Crippen LogP contribution in [0.25, 0.3) is 0 Å². The maximum Gasteiger partial charge on any atom is 0.381 e. The summed E-state index contributed by atoms with van der Waals surface area (Å²) in [6.07, 6.45) is -3.04. The molecule has 0 spiro atoms. The number of halogens is 2. The van der Waals surface area contributed by atoms with E-state index in [1.807, 2.05) is 0 Å². The zero-order valence-corrected chi connectivity index (χ0v) is 7.98. The van der Waals surface area contributed by atoms with Crippen molar-refractivity contribution < 1.29 is 23.6 Å². The van der Waals surface area contributed by atoms with Gasteiger partial charge in [0.15, 0.2) is 0 Å². The highest BCUT2D eigenvalue weighted by molar-refractivity contribution is 5.87. The number of pyridine rings is 1. The molecule has 0 bridgehead atoms. The molecule has 0 aromatic carbocycles. The predicted octanol–water partition coefficient (Wildman–Crippen LogP) is 1.93. The summed E-state index contributed by atoms with van der Waals surface area (Å²) in [6, 6.07) is 0.763. The third-order valence-corrected chi connectivity index (χ3v) is 1.83. The molecule has 0 aliphatic rings. The summed E-state index contributed by atoms with van der Waals surface area (Å²) in [4.78, 5) is 23.2. The summed E-state index contributed by atoms with van der Waals surface area (Å²) < 4.78 is 24.9. The first kappa shape index (κ1) is 12.0. The second-order valence-corrected chi connectivity index (χ2v) is 2.93. The van der Waals surface area contributed by atoms with E-state index in [1.165, 1.54) is 6.92 Å². The number of alkyl halides is 2. The second-order valence-electron chi connectivity index (χ2n) is 2.93. The van der Waals surface area contributed by atoms with Gasteiger partial charge in [0.05, 0.1) is 5.56 Å². The largest absolute Gasteiger partial charge is 0.475 e.